The van der Waals surface area contributed by atoms with Gasteiger partial charge in [0, 0.05) is 11.3 Å². The molecule has 0 aromatic heterocycles. The number of hydrogen-bond donors (Lipinski definition) is 1. The highest BCUT2D eigenvalue weighted by molar-refractivity contribution is 5.99. The molecule has 0 saturated carbocycles. The first kappa shape index (κ1) is 12.2. The average Bonchev–Trinajstić information content (AvgIpc) is 2.46. The number of Topliss-reactive ketones (excluding diaryl/α,β-unsaturated/α-hetero) is 1. The molecule has 0 amide bonds. The van der Waals surface area contributed by atoms with Gasteiger partial charge in [-0.05, 0) is 36.4 Å². The van der Waals surface area contributed by atoms with E-state index in [0.717, 1.165) is 11.4 Å². The molecular formula is C15H15NO2. The van der Waals surface area contributed by atoms with Crippen molar-refractivity contribution in [2.45, 2.75) is 0 Å². The average molecular weight is 241 g/mol. The van der Waals surface area contributed by atoms with Crippen LogP contribution in [0.1, 0.15) is 10.4 Å². The number of ketones is 1. The summed E-state index contributed by atoms with van der Waals surface area (Å²) in [5.41, 5.74) is 1.62. The topological polar surface area (TPSA) is 38.3 Å². The number of rotatable bonds is 5. The number of para-hydroxylation sites is 1. The van der Waals surface area contributed by atoms with Gasteiger partial charge in [-0.15, -0.1) is 0 Å². The molecule has 2 aromatic carbocycles. The Hall–Kier alpha value is -2.29. The molecule has 0 unspecified atom stereocenters. The van der Waals surface area contributed by atoms with Crippen molar-refractivity contribution in [2.75, 3.05) is 19.0 Å². The zero-order valence-electron chi connectivity index (χ0n) is 10.2. The molecule has 0 heterocycles. The van der Waals surface area contributed by atoms with E-state index in [1.54, 1.807) is 31.4 Å². The second-order valence-electron chi connectivity index (χ2n) is 3.87. The summed E-state index contributed by atoms with van der Waals surface area (Å²) in [6.07, 6.45) is 0. The Morgan fingerprint density at radius 3 is 2.33 bits per heavy atom. The smallest absolute Gasteiger partial charge is 0.181 e. The van der Waals surface area contributed by atoms with E-state index >= 15 is 0 Å². The molecular weight excluding hydrogens is 226 g/mol. The third-order valence-corrected chi connectivity index (χ3v) is 2.64. The van der Waals surface area contributed by atoms with E-state index in [0.29, 0.717) is 5.56 Å². The second-order valence-corrected chi connectivity index (χ2v) is 3.87. The number of methoxy groups -OCH3 is 1. The minimum Gasteiger partial charge on any atom is -0.497 e. The van der Waals surface area contributed by atoms with Gasteiger partial charge in [0.25, 0.3) is 0 Å². The summed E-state index contributed by atoms with van der Waals surface area (Å²) in [5.74, 6) is 0.809. The van der Waals surface area contributed by atoms with Gasteiger partial charge < -0.3 is 10.1 Å². The highest BCUT2D eigenvalue weighted by Crippen LogP contribution is 2.12. The summed E-state index contributed by atoms with van der Waals surface area (Å²) in [6.45, 7) is 0.288. The van der Waals surface area contributed by atoms with Gasteiger partial charge in [-0.1, -0.05) is 18.2 Å². The summed E-state index contributed by atoms with van der Waals surface area (Å²) >= 11 is 0. The van der Waals surface area contributed by atoms with Crippen LogP contribution in [0, 0.1) is 0 Å². The first-order chi connectivity index (χ1) is 8.79. The standard InChI is InChI=1S/C15H15NO2/c1-18-14-9-7-12(8-10-14)15(17)11-16-13-5-3-2-4-6-13/h2-10,16H,11H2,1H3. The van der Waals surface area contributed by atoms with Crippen LogP contribution in [0.25, 0.3) is 0 Å². The minimum absolute atomic E-state index is 0.0570. The first-order valence-corrected chi connectivity index (χ1v) is 5.76. The molecule has 0 aliphatic carbocycles. The summed E-state index contributed by atoms with van der Waals surface area (Å²) in [6, 6.07) is 16.8. The Balaban J connectivity index is 1.95. The quantitative estimate of drug-likeness (QED) is 0.818. The van der Waals surface area contributed by atoms with Crippen LogP contribution < -0.4 is 10.1 Å². The van der Waals surface area contributed by atoms with Gasteiger partial charge in [0.1, 0.15) is 5.75 Å². The normalized spacial score (nSPS) is 9.83. The van der Waals surface area contributed by atoms with E-state index in [1.807, 2.05) is 30.3 Å². The molecule has 0 aliphatic heterocycles. The number of ether oxygens (including phenoxy) is 1. The number of hydrogen-bond acceptors (Lipinski definition) is 3. The lowest BCUT2D eigenvalue weighted by atomic mass is 10.1. The van der Waals surface area contributed by atoms with Crippen LogP contribution in [0.4, 0.5) is 5.69 Å². The number of carbonyl (C=O) groups excluding carboxylic acids is 1. The molecule has 3 heteroatoms. The van der Waals surface area contributed by atoms with Crippen LogP contribution in [0.3, 0.4) is 0 Å². The number of nitrogens with one attached hydrogen (secondary N) is 1. The molecule has 2 rings (SSSR count). The molecule has 0 saturated heterocycles. The lowest BCUT2D eigenvalue weighted by Gasteiger charge is -2.06. The van der Waals surface area contributed by atoms with E-state index in [1.165, 1.54) is 0 Å². The predicted octanol–water partition coefficient (Wildman–Crippen LogP) is 2.99. The Morgan fingerprint density at radius 2 is 1.72 bits per heavy atom. The fraction of sp³-hybridized carbons (Fsp3) is 0.133. The minimum atomic E-state index is 0.0570. The van der Waals surface area contributed by atoms with Crippen molar-refractivity contribution >= 4 is 11.5 Å². The van der Waals surface area contributed by atoms with Crippen LogP contribution >= 0.6 is 0 Å². The van der Waals surface area contributed by atoms with Gasteiger partial charge in [0.2, 0.25) is 0 Å². The summed E-state index contributed by atoms with van der Waals surface area (Å²) in [5, 5.41) is 3.09. The molecule has 2 aromatic rings. The molecule has 0 radical (unpaired) electrons. The van der Waals surface area contributed by atoms with E-state index in [9.17, 15) is 4.79 Å². The highest BCUT2D eigenvalue weighted by Gasteiger charge is 2.05. The summed E-state index contributed by atoms with van der Waals surface area (Å²) in [7, 11) is 1.60. The molecule has 0 atom stereocenters. The molecule has 92 valence electrons. The maximum atomic E-state index is 11.9. The third-order valence-electron chi connectivity index (χ3n) is 2.64. The van der Waals surface area contributed by atoms with Crippen LogP contribution in [0.15, 0.2) is 54.6 Å². The highest BCUT2D eigenvalue weighted by atomic mass is 16.5. The van der Waals surface area contributed by atoms with Gasteiger partial charge in [-0.25, -0.2) is 0 Å². The number of benzene rings is 2. The van der Waals surface area contributed by atoms with Crippen molar-refractivity contribution in [3.8, 4) is 5.75 Å². The third kappa shape index (κ3) is 3.10. The summed E-state index contributed by atoms with van der Waals surface area (Å²) in [4.78, 5) is 11.9. The van der Waals surface area contributed by atoms with Gasteiger partial charge in [-0.3, -0.25) is 4.79 Å². The fourth-order valence-corrected chi connectivity index (χ4v) is 1.62. The van der Waals surface area contributed by atoms with Crippen molar-refractivity contribution < 1.29 is 9.53 Å². The Labute approximate surface area is 106 Å². The number of anilines is 1. The fourth-order valence-electron chi connectivity index (χ4n) is 1.62. The van der Waals surface area contributed by atoms with Gasteiger partial charge in [0.15, 0.2) is 5.78 Å². The van der Waals surface area contributed by atoms with E-state index in [4.69, 9.17) is 4.74 Å². The van der Waals surface area contributed by atoms with Crippen LogP contribution in [0.5, 0.6) is 5.75 Å². The molecule has 18 heavy (non-hydrogen) atoms. The van der Waals surface area contributed by atoms with Crippen molar-refractivity contribution in [2.24, 2.45) is 0 Å². The monoisotopic (exact) mass is 241 g/mol. The summed E-state index contributed by atoms with van der Waals surface area (Å²) < 4.78 is 5.05. The van der Waals surface area contributed by atoms with Crippen LogP contribution in [0.2, 0.25) is 0 Å². The van der Waals surface area contributed by atoms with Crippen molar-refractivity contribution in [1.82, 2.24) is 0 Å². The Kier molecular flexibility index (Phi) is 3.97. The molecule has 0 aliphatic rings. The maximum Gasteiger partial charge on any atom is 0.181 e. The molecule has 0 fully saturated rings. The SMILES string of the molecule is COc1ccc(C(=O)CNc2ccccc2)cc1. The van der Waals surface area contributed by atoms with Crippen molar-refractivity contribution in [1.29, 1.82) is 0 Å². The predicted molar refractivity (Wildman–Crippen MR) is 72.3 cm³/mol. The van der Waals surface area contributed by atoms with E-state index in [-0.39, 0.29) is 12.3 Å². The van der Waals surface area contributed by atoms with Crippen LogP contribution in [-0.2, 0) is 0 Å². The van der Waals surface area contributed by atoms with Crippen molar-refractivity contribution in [3.63, 3.8) is 0 Å². The molecule has 0 bridgehead atoms. The van der Waals surface area contributed by atoms with E-state index < -0.39 is 0 Å². The lowest BCUT2D eigenvalue weighted by Crippen LogP contribution is -2.13. The second kappa shape index (κ2) is 5.87. The van der Waals surface area contributed by atoms with Gasteiger partial charge >= 0.3 is 0 Å². The molecule has 0 spiro atoms. The number of carbonyl (C=O) groups is 1. The zero-order valence-corrected chi connectivity index (χ0v) is 10.2. The Morgan fingerprint density at radius 1 is 1.06 bits per heavy atom. The van der Waals surface area contributed by atoms with Crippen molar-refractivity contribution in [3.05, 3.63) is 60.2 Å². The molecule has 1 N–H and O–H groups in total. The molecule has 3 nitrogen and oxygen atoms in total. The maximum absolute atomic E-state index is 11.9. The Bertz CT molecular complexity index is 506. The van der Waals surface area contributed by atoms with Crippen LogP contribution in [-0.4, -0.2) is 19.4 Å². The van der Waals surface area contributed by atoms with Gasteiger partial charge in [0.05, 0.1) is 13.7 Å². The first-order valence-electron chi connectivity index (χ1n) is 5.76. The zero-order chi connectivity index (χ0) is 12.8. The largest absolute Gasteiger partial charge is 0.497 e. The van der Waals surface area contributed by atoms with E-state index in [2.05, 4.69) is 5.32 Å². The lowest BCUT2D eigenvalue weighted by molar-refractivity contribution is 0.101. The van der Waals surface area contributed by atoms with Gasteiger partial charge in [-0.2, -0.15) is 0 Å².